The van der Waals surface area contributed by atoms with E-state index in [9.17, 15) is 27.5 Å². The highest BCUT2D eigenvalue weighted by atomic mass is 32.2. The maximum atomic E-state index is 15.1. The van der Waals surface area contributed by atoms with E-state index in [-0.39, 0.29) is 66.4 Å². The molecule has 0 spiro atoms. The number of hydrogen-bond acceptors (Lipinski definition) is 8. The number of halogens is 5. The number of anilines is 1. The molecule has 0 aromatic heterocycles. The normalized spacial score (nSPS) is 20.6. The van der Waals surface area contributed by atoms with Gasteiger partial charge in [0.25, 0.3) is 0 Å². The monoisotopic (exact) mass is 611 g/mol. The molecule has 226 valence electrons. The molecule has 3 heterocycles. The summed E-state index contributed by atoms with van der Waals surface area (Å²) in [6.45, 7) is 5.57. The second-order valence-electron chi connectivity index (χ2n) is 10.0. The first-order valence-corrected chi connectivity index (χ1v) is 14.3. The average Bonchev–Trinajstić information content (AvgIpc) is 3.15. The highest BCUT2D eigenvalue weighted by molar-refractivity contribution is 7.99. The lowest BCUT2D eigenvalue weighted by Crippen LogP contribution is -2.53. The van der Waals surface area contributed by atoms with Crippen molar-refractivity contribution in [3.8, 4) is 11.1 Å². The number of amides is 1. The molecule has 2 aromatic rings. The van der Waals surface area contributed by atoms with E-state index < -0.39 is 47.0 Å². The number of benzene rings is 2. The minimum atomic E-state index is -4.90. The molecule has 1 saturated heterocycles. The topological polar surface area (TPSA) is 80.6 Å². The Morgan fingerprint density at radius 2 is 1.95 bits per heavy atom. The first-order chi connectivity index (χ1) is 20.0. The summed E-state index contributed by atoms with van der Waals surface area (Å²) in [5.74, 6) is -1.95. The van der Waals surface area contributed by atoms with Gasteiger partial charge in [-0.1, -0.05) is 6.58 Å². The van der Waals surface area contributed by atoms with Gasteiger partial charge in [0.05, 0.1) is 24.0 Å². The summed E-state index contributed by atoms with van der Waals surface area (Å²) in [5.41, 5.74) is -1.54. The van der Waals surface area contributed by atoms with Crippen LogP contribution in [-0.2, 0) is 15.7 Å². The van der Waals surface area contributed by atoms with Crippen LogP contribution in [0.4, 0.5) is 27.6 Å². The van der Waals surface area contributed by atoms with E-state index in [1.165, 1.54) is 11.0 Å². The van der Waals surface area contributed by atoms with Crippen LogP contribution in [0.1, 0.15) is 11.1 Å². The number of ether oxygens (including phenoxy) is 1. The molecule has 1 amide bonds. The quantitative estimate of drug-likeness (QED) is 0.294. The molecule has 0 saturated carbocycles. The second-order valence-corrected chi connectivity index (χ2v) is 11.1. The summed E-state index contributed by atoms with van der Waals surface area (Å²) in [5, 5.41) is 14.2. The van der Waals surface area contributed by atoms with E-state index in [1.54, 1.807) is 16.8 Å². The average molecular weight is 612 g/mol. The number of nitrogens with one attached hydrogen (secondary N) is 1. The van der Waals surface area contributed by atoms with Crippen LogP contribution in [0.25, 0.3) is 11.1 Å². The number of aliphatic hydroxyl groups excluding tert-OH is 1. The molecule has 2 N–H and O–H groups in total. The number of amidine groups is 1. The molecule has 8 nitrogen and oxygen atoms in total. The standard InChI is InChI=1S/C28H30F5N5O3S/c1-3-22(39)36-7-9-37(10-8-36)26-19-13-20(28(31,32)33)23(18-5-4-16(29)12-21(18)30)25-24(19)38(27(40)35-26)14-17(15-42-25)41-11-6-34-2/h3-5,12-13,17,27,34,40H,1,6-11,14-15H2,2H3. The van der Waals surface area contributed by atoms with Crippen LogP contribution < -0.4 is 10.2 Å². The first-order valence-electron chi connectivity index (χ1n) is 13.3. The van der Waals surface area contributed by atoms with Gasteiger partial charge in [0.1, 0.15) is 17.5 Å². The Labute approximate surface area is 243 Å². The van der Waals surface area contributed by atoms with Gasteiger partial charge in [0.15, 0.2) is 0 Å². The van der Waals surface area contributed by atoms with Gasteiger partial charge in [0, 0.05) is 72.7 Å². The zero-order valence-electron chi connectivity index (χ0n) is 22.8. The Hall–Kier alpha value is -3.20. The third-order valence-corrected chi connectivity index (χ3v) is 8.62. The fourth-order valence-corrected chi connectivity index (χ4v) is 6.66. The highest BCUT2D eigenvalue weighted by Gasteiger charge is 2.43. The van der Waals surface area contributed by atoms with Gasteiger partial charge in [-0.25, -0.2) is 13.8 Å². The number of carbonyl (C=O) groups excluding carboxylic acids is 1. The molecule has 3 aliphatic rings. The Morgan fingerprint density at radius 1 is 1.21 bits per heavy atom. The van der Waals surface area contributed by atoms with E-state index in [4.69, 9.17) is 4.74 Å². The number of hydrogen-bond donors (Lipinski definition) is 2. The molecule has 42 heavy (non-hydrogen) atoms. The van der Waals surface area contributed by atoms with Crippen LogP contribution in [0, 0.1) is 11.6 Å². The molecule has 0 aliphatic carbocycles. The van der Waals surface area contributed by atoms with Gasteiger partial charge in [-0.2, -0.15) is 13.2 Å². The first kappa shape index (κ1) is 30.3. The molecule has 14 heteroatoms. The number of aliphatic imine (C=N–C) groups is 1. The van der Waals surface area contributed by atoms with Crippen molar-refractivity contribution in [3.63, 3.8) is 0 Å². The third-order valence-electron chi connectivity index (χ3n) is 7.39. The summed E-state index contributed by atoms with van der Waals surface area (Å²) in [6, 6.07) is 3.40. The molecule has 1 fully saturated rings. The smallest absolute Gasteiger partial charge is 0.374 e. The number of nitrogens with zero attached hydrogens (tertiary/aromatic N) is 4. The van der Waals surface area contributed by atoms with Crippen LogP contribution in [0.5, 0.6) is 0 Å². The molecule has 0 radical (unpaired) electrons. The van der Waals surface area contributed by atoms with Gasteiger partial charge in [-0.05, 0) is 31.3 Å². The Kier molecular flexibility index (Phi) is 8.78. The number of aliphatic hydroxyl groups is 1. The highest BCUT2D eigenvalue weighted by Crippen LogP contribution is 2.51. The zero-order valence-corrected chi connectivity index (χ0v) is 23.6. The molecule has 5 rings (SSSR count). The van der Waals surface area contributed by atoms with Crippen molar-refractivity contribution in [2.24, 2.45) is 4.99 Å². The van der Waals surface area contributed by atoms with E-state index in [1.807, 2.05) is 0 Å². The molecule has 0 bridgehead atoms. The minimum Gasteiger partial charge on any atom is -0.374 e. The summed E-state index contributed by atoms with van der Waals surface area (Å²) in [4.78, 5) is 21.4. The molecule has 3 aliphatic heterocycles. The van der Waals surface area contributed by atoms with Crippen LogP contribution >= 0.6 is 11.8 Å². The van der Waals surface area contributed by atoms with E-state index in [0.717, 1.165) is 30.0 Å². The van der Waals surface area contributed by atoms with Crippen molar-refractivity contribution in [1.82, 2.24) is 15.1 Å². The lowest BCUT2D eigenvalue weighted by Gasteiger charge is -2.41. The third kappa shape index (κ3) is 5.85. The van der Waals surface area contributed by atoms with E-state index in [0.29, 0.717) is 19.2 Å². The summed E-state index contributed by atoms with van der Waals surface area (Å²) >= 11 is 1.07. The van der Waals surface area contributed by atoms with E-state index in [2.05, 4.69) is 16.9 Å². The minimum absolute atomic E-state index is 0.0944. The van der Waals surface area contributed by atoms with Crippen molar-refractivity contribution < 1.29 is 36.6 Å². The van der Waals surface area contributed by atoms with Crippen molar-refractivity contribution in [2.75, 3.05) is 63.6 Å². The fraction of sp³-hybridized carbons (Fsp3) is 0.429. The maximum Gasteiger partial charge on any atom is 0.417 e. The van der Waals surface area contributed by atoms with Gasteiger partial charge >= 0.3 is 6.18 Å². The fourth-order valence-electron chi connectivity index (χ4n) is 5.37. The van der Waals surface area contributed by atoms with Gasteiger partial charge in [-0.15, -0.1) is 11.8 Å². The number of piperazine rings is 1. The molecule has 2 unspecified atom stereocenters. The van der Waals surface area contributed by atoms with Crippen LogP contribution in [0.15, 0.2) is 46.8 Å². The van der Waals surface area contributed by atoms with Crippen LogP contribution in [0.3, 0.4) is 0 Å². The molecular weight excluding hydrogens is 581 g/mol. The van der Waals surface area contributed by atoms with Crippen LogP contribution in [0.2, 0.25) is 0 Å². The van der Waals surface area contributed by atoms with Gasteiger partial charge in [0.2, 0.25) is 12.3 Å². The van der Waals surface area contributed by atoms with Gasteiger partial charge in [-0.3, -0.25) is 4.79 Å². The molecule has 2 atom stereocenters. The number of rotatable bonds is 6. The number of carbonyl (C=O) groups is 1. The lowest BCUT2D eigenvalue weighted by atomic mass is 9.93. The number of alkyl halides is 3. The Balaban J connectivity index is 1.68. The SMILES string of the molecule is C=CC(=O)N1CCN(C2=NC(O)N3CC(OCCNC)CSc4c(-c5ccc(F)cc5F)c(C(F)(F)F)cc2c43)CC1. The van der Waals surface area contributed by atoms with Crippen molar-refractivity contribution in [3.05, 3.63) is 59.7 Å². The second kappa shape index (κ2) is 12.2. The lowest BCUT2D eigenvalue weighted by molar-refractivity contribution is -0.137. The van der Waals surface area contributed by atoms with Gasteiger partial charge < -0.3 is 29.9 Å². The summed E-state index contributed by atoms with van der Waals surface area (Å²) < 4.78 is 79.2. The summed E-state index contributed by atoms with van der Waals surface area (Å²) in [7, 11) is 1.76. The van der Waals surface area contributed by atoms with Crippen LogP contribution in [-0.4, -0.2) is 97.8 Å². The van der Waals surface area contributed by atoms with E-state index >= 15 is 4.39 Å². The summed E-state index contributed by atoms with van der Waals surface area (Å²) in [6.07, 6.45) is -5.66. The number of thioether (sulfide) groups is 1. The van der Waals surface area contributed by atoms with Crippen molar-refractivity contribution in [2.45, 2.75) is 23.5 Å². The zero-order chi connectivity index (χ0) is 30.2. The molecular formula is C28H30F5N5O3S. The van der Waals surface area contributed by atoms with Crippen molar-refractivity contribution in [1.29, 1.82) is 0 Å². The Morgan fingerprint density at radius 3 is 2.60 bits per heavy atom. The number of likely N-dealkylation sites (N-methyl/N-ethyl adjacent to an activating group) is 1. The Bertz CT molecular complexity index is 1400. The molecule has 2 aromatic carbocycles. The predicted octanol–water partition coefficient (Wildman–Crippen LogP) is 3.53. The maximum absolute atomic E-state index is 15.1. The predicted molar refractivity (Wildman–Crippen MR) is 149 cm³/mol. The van der Waals surface area contributed by atoms with Crippen molar-refractivity contribution >= 4 is 29.2 Å². The largest absolute Gasteiger partial charge is 0.417 e.